The third-order valence-electron chi connectivity index (χ3n) is 4.86. The van der Waals surface area contributed by atoms with E-state index in [1.807, 2.05) is 0 Å². The highest BCUT2D eigenvalue weighted by Crippen LogP contribution is 2.38. The number of likely N-dealkylation sites (tertiary alicyclic amines) is 1. The third-order valence-corrected chi connectivity index (χ3v) is 4.86. The Bertz CT molecular complexity index is 272. The van der Waals surface area contributed by atoms with Crippen molar-refractivity contribution in [1.82, 2.24) is 4.90 Å². The molecule has 0 spiro atoms. The summed E-state index contributed by atoms with van der Waals surface area (Å²) in [6.07, 6.45) is 5.10. The molecule has 4 heteroatoms. The van der Waals surface area contributed by atoms with Gasteiger partial charge in [-0.05, 0) is 60.0 Å². The predicted molar refractivity (Wildman–Crippen MR) is 75.6 cm³/mol. The maximum atomic E-state index is 6.21. The van der Waals surface area contributed by atoms with Gasteiger partial charge >= 0.3 is 7.12 Å². The van der Waals surface area contributed by atoms with E-state index >= 15 is 0 Å². The summed E-state index contributed by atoms with van der Waals surface area (Å²) in [5.74, 6) is 0.409. The zero-order valence-electron chi connectivity index (χ0n) is 12.7. The molecule has 18 heavy (non-hydrogen) atoms. The Hall–Kier alpha value is -0.0551. The monoisotopic (exact) mass is 253 g/mol. The average molecular weight is 253 g/mol. The topological polar surface area (TPSA) is 21.7 Å². The van der Waals surface area contributed by atoms with Crippen molar-refractivity contribution in [1.29, 1.82) is 0 Å². The summed E-state index contributed by atoms with van der Waals surface area (Å²) in [5, 5.41) is 0. The van der Waals surface area contributed by atoms with Crippen LogP contribution < -0.4 is 0 Å². The molecule has 104 valence electrons. The third kappa shape index (κ3) is 2.61. The van der Waals surface area contributed by atoms with Gasteiger partial charge in [0.15, 0.2) is 0 Å². The number of hydrogen-bond acceptors (Lipinski definition) is 3. The van der Waals surface area contributed by atoms with Gasteiger partial charge in [-0.25, -0.2) is 0 Å². The van der Waals surface area contributed by atoms with Crippen LogP contribution in [0.1, 0.15) is 60.3 Å². The molecule has 0 radical (unpaired) electrons. The summed E-state index contributed by atoms with van der Waals surface area (Å²) >= 11 is 0. The van der Waals surface area contributed by atoms with E-state index < -0.39 is 0 Å². The summed E-state index contributed by atoms with van der Waals surface area (Å²) in [5.41, 5.74) is -0.415. The Balaban J connectivity index is 2.05. The first-order valence-corrected chi connectivity index (χ1v) is 7.47. The molecule has 1 atom stereocenters. The second-order valence-corrected chi connectivity index (χ2v) is 6.70. The highest BCUT2D eigenvalue weighted by atomic mass is 16.7. The molecule has 0 amide bonds. The largest absolute Gasteiger partial charge is 0.476 e. The van der Waals surface area contributed by atoms with E-state index in [-0.39, 0.29) is 18.3 Å². The van der Waals surface area contributed by atoms with Crippen molar-refractivity contribution in [2.45, 2.75) is 77.4 Å². The molecule has 0 aliphatic carbocycles. The van der Waals surface area contributed by atoms with E-state index in [1.54, 1.807) is 0 Å². The minimum Gasteiger partial charge on any atom is -0.402 e. The van der Waals surface area contributed by atoms with Gasteiger partial charge in [-0.2, -0.15) is 0 Å². The van der Waals surface area contributed by atoms with Crippen LogP contribution in [0.15, 0.2) is 0 Å². The van der Waals surface area contributed by atoms with Crippen LogP contribution in [0.5, 0.6) is 0 Å². The van der Waals surface area contributed by atoms with Gasteiger partial charge in [0.1, 0.15) is 0 Å². The van der Waals surface area contributed by atoms with Crippen molar-refractivity contribution in [3.63, 3.8) is 0 Å². The summed E-state index contributed by atoms with van der Waals surface area (Å²) in [6.45, 7) is 13.2. The smallest absolute Gasteiger partial charge is 0.402 e. The maximum absolute atomic E-state index is 6.21. The van der Waals surface area contributed by atoms with E-state index in [2.05, 4.69) is 39.5 Å². The second-order valence-electron chi connectivity index (χ2n) is 6.70. The molecule has 0 bridgehead atoms. The molecule has 3 nitrogen and oxygen atoms in total. The molecule has 2 aliphatic heterocycles. The van der Waals surface area contributed by atoms with Crippen LogP contribution >= 0.6 is 0 Å². The van der Waals surface area contributed by atoms with Gasteiger partial charge in [-0.1, -0.05) is 13.3 Å². The van der Waals surface area contributed by atoms with Gasteiger partial charge in [0.25, 0.3) is 0 Å². The fraction of sp³-hybridized carbons (Fsp3) is 1.00. The molecule has 2 heterocycles. The zero-order valence-corrected chi connectivity index (χ0v) is 12.7. The molecular formula is C14H28BNO2. The summed E-state index contributed by atoms with van der Waals surface area (Å²) in [4.78, 5) is 2.56. The van der Waals surface area contributed by atoms with Crippen LogP contribution in [-0.2, 0) is 9.31 Å². The van der Waals surface area contributed by atoms with Crippen molar-refractivity contribution in [3.05, 3.63) is 0 Å². The molecule has 2 fully saturated rings. The van der Waals surface area contributed by atoms with Gasteiger partial charge in [0.05, 0.1) is 11.2 Å². The number of rotatable bonds is 3. The fourth-order valence-electron chi connectivity index (χ4n) is 2.92. The Morgan fingerprint density at radius 1 is 1.00 bits per heavy atom. The van der Waals surface area contributed by atoms with E-state index in [9.17, 15) is 0 Å². The standard InChI is InChI=1S/C14H28BNO2/c1-6-12(16-10-8-7-9-11-16)15-17-13(2,3)14(4,5)18-15/h12H,6-11H2,1-5H3. The van der Waals surface area contributed by atoms with Crippen molar-refractivity contribution in [2.24, 2.45) is 0 Å². The Kier molecular flexibility index (Phi) is 4.10. The second kappa shape index (κ2) is 5.14. The van der Waals surface area contributed by atoms with Crippen molar-refractivity contribution in [3.8, 4) is 0 Å². The van der Waals surface area contributed by atoms with E-state index in [1.165, 1.54) is 32.4 Å². The van der Waals surface area contributed by atoms with E-state index in [0.29, 0.717) is 5.94 Å². The molecule has 0 saturated carbocycles. The molecule has 2 saturated heterocycles. The predicted octanol–water partition coefficient (Wildman–Crippen LogP) is 2.88. The lowest BCUT2D eigenvalue weighted by molar-refractivity contribution is 0.00578. The Morgan fingerprint density at radius 3 is 1.94 bits per heavy atom. The van der Waals surface area contributed by atoms with Gasteiger partial charge in [0, 0.05) is 5.94 Å². The van der Waals surface area contributed by atoms with E-state index in [4.69, 9.17) is 9.31 Å². The summed E-state index contributed by atoms with van der Waals surface area (Å²) in [7, 11) is -0.0712. The molecule has 0 aromatic rings. The van der Waals surface area contributed by atoms with Crippen molar-refractivity contribution in [2.75, 3.05) is 13.1 Å². The van der Waals surface area contributed by atoms with Crippen LogP contribution in [0.25, 0.3) is 0 Å². The Labute approximate surface area is 112 Å². The van der Waals surface area contributed by atoms with Crippen LogP contribution in [0.4, 0.5) is 0 Å². The lowest BCUT2D eigenvalue weighted by Gasteiger charge is -2.35. The minimum atomic E-state index is -0.207. The van der Waals surface area contributed by atoms with Gasteiger partial charge in [-0.3, -0.25) is 0 Å². The molecular weight excluding hydrogens is 225 g/mol. The zero-order chi connectivity index (χ0) is 13.4. The van der Waals surface area contributed by atoms with Crippen molar-refractivity contribution >= 4 is 7.12 Å². The summed E-state index contributed by atoms with van der Waals surface area (Å²) < 4.78 is 12.4. The minimum absolute atomic E-state index is 0.0712. The molecule has 0 aromatic carbocycles. The first kappa shape index (κ1) is 14.4. The number of nitrogens with zero attached hydrogens (tertiary/aromatic N) is 1. The molecule has 1 unspecified atom stereocenters. The Morgan fingerprint density at radius 2 is 1.50 bits per heavy atom. The van der Waals surface area contributed by atoms with Crippen LogP contribution in [0.3, 0.4) is 0 Å². The number of piperidine rings is 1. The molecule has 2 rings (SSSR count). The van der Waals surface area contributed by atoms with E-state index in [0.717, 1.165) is 6.42 Å². The first-order valence-electron chi connectivity index (χ1n) is 7.47. The van der Waals surface area contributed by atoms with Crippen molar-refractivity contribution < 1.29 is 9.31 Å². The van der Waals surface area contributed by atoms with Gasteiger partial charge in [0.2, 0.25) is 0 Å². The average Bonchev–Trinajstić information content (AvgIpc) is 2.50. The molecule has 0 N–H and O–H groups in total. The highest BCUT2D eigenvalue weighted by molar-refractivity contribution is 6.47. The lowest BCUT2D eigenvalue weighted by Crippen LogP contribution is -2.49. The quantitative estimate of drug-likeness (QED) is 0.722. The van der Waals surface area contributed by atoms with Gasteiger partial charge in [-0.15, -0.1) is 0 Å². The normalized spacial score (nSPS) is 29.5. The summed E-state index contributed by atoms with van der Waals surface area (Å²) in [6, 6.07) is 0. The first-order chi connectivity index (χ1) is 8.37. The molecule has 2 aliphatic rings. The van der Waals surface area contributed by atoms with Gasteiger partial charge < -0.3 is 14.2 Å². The van der Waals surface area contributed by atoms with Crippen LogP contribution in [0, 0.1) is 0 Å². The molecule has 0 aromatic heterocycles. The fourth-order valence-corrected chi connectivity index (χ4v) is 2.92. The van der Waals surface area contributed by atoms with Crippen LogP contribution in [0.2, 0.25) is 0 Å². The van der Waals surface area contributed by atoms with Crippen LogP contribution in [-0.4, -0.2) is 42.3 Å². The highest BCUT2D eigenvalue weighted by Gasteiger charge is 2.54. The number of hydrogen-bond donors (Lipinski definition) is 0. The maximum Gasteiger partial charge on any atom is 0.476 e. The SMILES string of the molecule is CCC(B1OC(C)(C)C(C)(C)O1)N1CCCCC1. The lowest BCUT2D eigenvalue weighted by atomic mass is 9.75.